The highest BCUT2D eigenvalue weighted by Gasteiger charge is 2.26. The average molecular weight is 536 g/mol. The van der Waals surface area contributed by atoms with Gasteiger partial charge >= 0.3 is 5.97 Å². The molecule has 0 radical (unpaired) electrons. The Hall–Kier alpha value is -3.92. The summed E-state index contributed by atoms with van der Waals surface area (Å²) in [4.78, 5) is 37.6. The molecule has 2 amide bonds. The molecule has 3 rings (SSSR count). The lowest BCUT2D eigenvalue weighted by Gasteiger charge is -2.22. The molecule has 1 aromatic heterocycles. The van der Waals surface area contributed by atoms with Crippen LogP contribution >= 0.6 is 11.8 Å². The minimum Gasteiger partial charge on any atom is -0.462 e. The first kappa shape index (κ1) is 28.6. The fraction of sp³-hybridized carbons (Fsp3) is 0.321. The molecule has 1 atom stereocenters. The van der Waals surface area contributed by atoms with E-state index in [0.29, 0.717) is 34.3 Å². The summed E-state index contributed by atoms with van der Waals surface area (Å²) in [6.07, 6.45) is 1.72. The fourth-order valence-corrected chi connectivity index (χ4v) is 4.50. The number of carbonyl (C=O) groups excluding carboxylic acids is 3. The molecule has 0 unspecified atom stereocenters. The van der Waals surface area contributed by atoms with Crippen molar-refractivity contribution in [3.63, 3.8) is 0 Å². The van der Waals surface area contributed by atoms with E-state index in [9.17, 15) is 14.4 Å². The first-order valence-electron chi connectivity index (χ1n) is 12.3. The summed E-state index contributed by atoms with van der Waals surface area (Å²) >= 11 is 1.23. The molecule has 0 spiro atoms. The van der Waals surface area contributed by atoms with Crippen LogP contribution in [0.15, 0.2) is 66.3 Å². The Morgan fingerprint density at radius 3 is 2.53 bits per heavy atom. The molecule has 2 N–H and O–H groups in total. The van der Waals surface area contributed by atoms with E-state index < -0.39 is 12.0 Å². The minimum absolute atomic E-state index is 0.0318. The summed E-state index contributed by atoms with van der Waals surface area (Å²) in [5, 5.41) is 15.1. The summed E-state index contributed by atoms with van der Waals surface area (Å²) in [7, 11) is 0. The first-order chi connectivity index (χ1) is 18.2. The Morgan fingerprint density at radius 1 is 1.11 bits per heavy atom. The van der Waals surface area contributed by atoms with Crippen LogP contribution in [0.3, 0.4) is 0 Å². The van der Waals surface area contributed by atoms with Crippen LogP contribution in [0.25, 0.3) is 0 Å². The van der Waals surface area contributed by atoms with Gasteiger partial charge < -0.3 is 19.9 Å². The third-order valence-electron chi connectivity index (χ3n) is 5.56. The second kappa shape index (κ2) is 13.6. The molecule has 0 bridgehead atoms. The standard InChI is InChI=1S/C28H33N5O4S/c1-6-14-33-25(24(18(3)4)30-26(35)20-11-8-10-19(5)15-20)31-32-28(33)38-17-23(34)29-22-13-9-12-21(16-22)27(36)37-7-2/h6,8-13,15-16,18,24H,1,7,14,17H2,2-5H3,(H,29,34)(H,30,35)/t24-/m0/s1. The van der Waals surface area contributed by atoms with Gasteiger partial charge in [0.2, 0.25) is 5.91 Å². The van der Waals surface area contributed by atoms with Crippen molar-refractivity contribution in [1.29, 1.82) is 0 Å². The van der Waals surface area contributed by atoms with E-state index >= 15 is 0 Å². The van der Waals surface area contributed by atoms with Crippen LogP contribution in [-0.2, 0) is 16.1 Å². The number of allylic oxidation sites excluding steroid dienone is 1. The number of aromatic nitrogens is 3. The number of thioether (sulfide) groups is 1. The highest BCUT2D eigenvalue weighted by molar-refractivity contribution is 7.99. The lowest BCUT2D eigenvalue weighted by Crippen LogP contribution is -2.34. The number of nitrogens with zero attached hydrogens (tertiary/aromatic N) is 3. The zero-order chi connectivity index (χ0) is 27.7. The molecule has 9 nitrogen and oxygen atoms in total. The van der Waals surface area contributed by atoms with Crippen LogP contribution in [0, 0.1) is 12.8 Å². The van der Waals surface area contributed by atoms with Gasteiger partial charge in [-0.05, 0) is 50.1 Å². The Bertz CT molecular complexity index is 1300. The molecule has 0 saturated carbocycles. The van der Waals surface area contributed by atoms with Crippen molar-refractivity contribution in [3.8, 4) is 0 Å². The zero-order valence-corrected chi connectivity index (χ0v) is 22.9. The highest BCUT2D eigenvalue weighted by Crippen LogP contribution is 2.26. The third-order valence-corrected chi connectivity index (χ3v) is 6.53. The van der Waals surface area contributed by atoms with Crippen LogP contribution in [0.2, 0.25) is 0 Å². The van der Waals surface area contributed by atoms with Crippen molar-refractivity contribution in [2.75, 3.05) is 17.7 Å². The molecular weight excluding hydrogens is 502 g/mol. The Kier molecular flexibility index (Phi) is 10.2. The number of carbonyl (C=O) groups is 3. The number of hydrogen-bond donors (Lipinski definition) is 2. The van der Waals surface area contributed by atoms with Crippen molar-refractivity contribution in [2.45, 2.75) is 45.4 Å². The Morgan fingerprint density at radius 2 is 1.84 bits per heavy atom. The molecule has 3 aromatic rings. The van der Waals surface area contributed by atoms with Crippen LogP contribution < -0.4 is 10.6 Å². The largest absolute Gasteiger partial charge is 0.462 e. The zero-order valence-electron chi connectivity index (χ0n) is 22.1. The van der Waals surface area contributed by atoms with Gasteiger partial charge in [0.25, 0.3) is 5.91 Å². The molecule has 200 valence electrons. The number of amides is 2. The van der Waals surface area contributed by atoms with Gasteiger partial charge in [-0.15, -0.1) is 16.8 Å². The normalized spacial score (nSPS) is 11.6. The van der Waals surface area contributed by atoms with Crippen molar-refractivity contribution in [3.05, 3.63) is 83.7 Å². The Balaban J connectivity index is 1.72. The van der Waals surface area contributed by atoms with E-state index in [4.69, 9.17) is 4.74 Å². The van der Waals surface area contributed by atoms with E-state index in [1.54, 1.807) is 43.3 Å². The van der Waals surface area contributed by atoms with E-state index in [1.165, 1.54) is 11.8 Å². The number of benzene rings is 2. The molecule has 1 heterocycles. The second-order valence-corrected chi connectivity index (χ2v) is 9.89. The number of rotatable bonds is 12. The summed E-state index contributed by atoms with van der Waals surface area (Å²) < 4.78 is 6.87. The number of nitrogens with one attached hydrogen (secondary N) is 2. The van der Waals surface area contributed by atoms with Gasteiger partial charge in [0.1, 0.15) is 0 Å². The molecule has 0 fully saturated rings. The topological polar surface area (TPSA) is 115 Å². The van der Waals surface area contributed by atoms with E-state index in [0.717, 1.165) is 5.56 Å². The predicted octanol–water partition coefficient (Wildman–Crippen LogP) is 4.81. The molecule has 0 aliphatic carbocycles. The van der Waals surface area contributed by atoms with Crippen LogP contribution in [-0.4, -0.2) is 44.9 Å². The molecule has 0 saturated heterocycles. The van der Waals surface area contributed by atoms with Crippen LogP contribution in [0.1, 0.15) is 58.9 Å². The molecule has 10 heteroatoms. The van der Waals surface area contributed by atoms with Gasteiger partial charge in [-0.2, -0.15) is 0 Å². The van der Waals surface area contributed by atoms with Crippen molar-refractivity contribution < 1.29 is 19.1 Å². The minimum atomic E-state index is -0.447. The molecule has 2 aromatic carbocycles. The van der Waals surface area contributed by atoms with Gasteiger partial charge in [0.05, 0.1) is 24.0 Å². The monoisotopic (exact) mass is 535 g/mol. The fourth-order valence-electron chi connectivity index (χ4n) is 3.74. The maximum absolute atomic E-state index is 13.0. The van der Waals surface area contributed by atoms with Crippen molar-refractivity contribution in [1.82, 2.24) is 20.1 Å². The van der Waals surface area contributed by atoms with Crippen LogP contribution in [0.5, 0.6) is 0 Å². The summed E-state index contributed by atoms with van der Waals surface area (Å²) in [5.41, 5.74) is 2.43. The number of anilines is 1. The molecular formula is C28H33N5O4S. The van der Waals surface area contributed by atoms with Gasteiger partial charge in [-0.1, -0.05) is 55.4 Å². The molecule has 0 aliphatic rings. The highest BCUT2D eigenvalue weighted by atomic mass is 32.2. The van der Waals surface area contributed by atoms with Gasteiger partial charge in [0, 0.05) is 17.8 Å². The van der Waals surface area contributed by atoms with E-state index in [1.807, 2.05) is 43.5 Å². The number of ether oxygens (including phenoxy) is 1. The maximum Gasteiger partial charge on any atom is 0.338 e. The smallest absolute Gasteiger partial charge is 0.338 e. The SMILES string of the molecule is C=CCn1c(SCC(=O)Nc2cccc(C(=O)OCC)c2)nnc1[C@@H](NC(=O)c1cccc(C)c1)C(C)C. The van der Waals surface area contributed by atoms with Gasteiger partial charge in [0.15, 0.2) is 11.0 Å². The quantitative estimate of drug-likeness (QED) is 0.194. The average Bonchev–Trinajstić information content (AvgIpc) is 3.28. The first-order valence-corrected chi connectivity index (χ1v) is 13.3. The van der Waals surface area contributed by atoms with Crippen LogP contribution in [0.4, 0.5) is 5.69 Å². The maximum atomic E-state index is 13.0. The lowest BCUT2D eigenvalue weighted by atomic mass is 10.0. The third kappa shape index (κ3) is 7.55. The summed E-state index contributed by atoms with van der Waals surface area (Å²) in [5.74, 6) is -0.216. The predicted molar refractivity (Wildman–Crippen MR) is 148 cm³/mol. The summed E-state index contributed by atoms with van der Waals surface area (Å²) in [6, 6.07) is 13.6. The summed E-state index contributed by atoms with van der Waals surface area (Å²) in [6.45, 7) is 12.2. The van der Waals surface area contributed by atoms with Crippen molar-refractivity contribution >= 4 is 35.2 Å². The number of hydrogen-bond acceptors (Lipinski definition) is 7. The van der Waals surface area contributed by atoms with E-state index in [2.05, 4.69) is 27.4 Å². The van der Waals surface area contributed by atoms with Gasteiger partial charge in [-0.25, -0.2) is 4.79 Å². The second-order valence-electron chi connectivity index (χ2n) is 8.94. The number of esters is 1. The molecule has 38 heavy (non-hydrogen) atoms. The van der Waals surface area contributed by atoms with E-state index in [-0.39, 0.29) is 30.1 Å². The molecule has 0 aliphatic heterocycles. The lowest BCUT2D eigenvalue weighted by molar-refractivity contribution is -0.113. The van der Waals surface area contributed by atoms with Crippen molar-refractivity contribution in [2.24, 2.45) is 5.92 Å². The number of aryl methyl sites for hydroxylation is 1. The Labute approximate surface area is 227 Å². The van der Waals surface area contributed by atoms with Gasteiger partial charge in [-0.3, -0.25) is 9.59 Å².